The number of aromatic nitrogens is 6. The lowest BCUT2D eigenvalue weighted by Gasteiger charge is -2.36. The van der Waals surface area contributed by atoms with Crippen molar-refractivity contribution in [1.82, 2.24) is 34.0 Å². The van der Waals surface area contributed by atoms with Crippen LogP contribution < -0.4 is 16.1 Å². The Hall–Kier alpha value is -5.13. The minimum atomic E-state index is -0.530. The second-order valence-electron chi connectivity index (χ2n) is 10.5. The number of nitrogens with one attached hydrogen (secondary N) is 1. The molecule has 41 heavy (non-hydrogen) atoms. The largest absolute Gasteiger partial charge is 0.340 e. The normalized spacial score (nSPS) is 17.2. The summed E-state index contributed by atoms with van der Waals surface area (Å²) in [5, 5.41) is 0.909. The van der Waals surface area contributed by atoms with Gasteiger partial charge in [-0.1, -0.05) is 30.3 Å². The summed E-state index contributed by atoms with van der Waals surface area (Å²) in [5.41, 5.74) is 1.69. The SMILES string of the molecule is Cc1nc(Cn2c(=O)c3[nH]c(N4CCC[C@@H](N5C(=O)c6ccccc6C5=O)C4)nc3n(C)c2=O)nc2ccccc12. The van der Waals surface area contributed by atoms with Gasteiger partial charge in [-0.25, -0.2) is 14.8 Å². The molecule has 1 N–H and O–H groups in total. The summed E-state index contributed by atoms with van der Waals surface area (Å²) in [6.07, 6.45) is 1.38. The molecule has 0 saturated carbocycles. The standard InChI is InChI=1S/C29H26N8O4/c1-16-18-9-5-6-12-21(18)31-22(30-16)15-36-27(40)23-24(34(2)29(36)41)33-28(32-23)35-13-7-8-17(14-35)37-25(38)19-10-3-4-11-20(19)26(37)39/h3-6,9-12,17H,7-8,13-15H2,1-2H3,(H,32,33)/t17-/m1/s1. The predicted molar refractivity (Wildman–Crippen MR) is 151 cm³/mol. The van der Waals surface area contributed by atoms with Gasteiger partial charge in [-0.2, -0.15) is 4.98 Å². The molecule has 0 radical (unpaired) electrons. The van der Waals surface area contributed by atoms with Gasteiger partial charge in [-0.3, -0.25) is 28.4 Å². The molecule has 5 heterocycles. The second kappa shape index (κ2) is 9.22. The number of amides is 2. The fraction of sp³-hybridized carbons (Fsp3) is 0.276. The summed E-state index contributed by atoms with van der Waals surface area (Å²) in [6, 6.07) is 14.1. The number of hydrogen-bond donors (Lipinski definition) is 1. The molecule has 7 rings (SSSR count). The van der Waals surface area contributed by atoms with Crippen LogP contribution in [0.4, 0.5) is 5.95 Å². The minimum absolute atomic E-state index is 0.0903. The zero-order valence-corrected chi connectivity index (χ0v) is 22.5. The molecule has 1 saturated heterocycles. The number of para-hydroxylation sites is 1. The number of carbonyl (C=O) groups is 2. The van der Waals surface area contributed by atoms with Gasteiger partial charge >= 0.3 is 5.69 Å². The van der Waals surface area contributed by atoms with Crippen molar-refractivity contribution in [2.45, 2.75) is 32.4 Å². The topological polar surface area (TPSA) is 139 Å². The Labute approximate surface area is 232 Å². The lowest BCUT2D eigenvalue weighted by Crippen LogP contribution is -2.50. The van der Waals surface area contributed by atoms with Crippen molar-refractivity contribution in [3.05, 3.63) is 92.0 Å². The van der Waals surface area contributed by atoms with E-state index in [2.05, 4.69) is 19.9 Å². The number of anilines is 1. The number of hydrogen-bond acceptors (Lipinski definition) is 8. The third-order valence-electron chi connectivity index (χ3n) is 7.99. The van der Waals surface area contributed by atoms with Crippen LogP contribution >= 0.6 is 0 Å². The number of nitrogens with zero attached hydrogens (tertiary/aromatic N) is 7. The van der Waals surface area contributed by atoms with Crippen molar-refractivity contribution in [1.29, 1.82) is 0 Å². The molecule has 2 amide bonds. The van der Waals surface area contributed by atoms with Gasteiger partial charge in [0.2, 0.25) is 5.95 Å². The van der Waals surface area contributed by atoms with E-state index in [4.69, 9.17) is 0 Å². The Morgan fingerprint density at radius 2 is 1.63 bits per heavy atom. The molecule has 0 bridgehead atoms. The molecule has 3 aromatic heterocycles. The highest BCUT2D eigenvalue weighted by Gasteiger charge is 2.41. The molecule has 0 unspecified atom stereocenters. The van der Waals surface area contributed by atoms with Gasteiger partial charge in [0, 0.05) is 31.2 Å². The van der Waals surface area contributed by atoms with E-state index < -0.39 is 11.2 Å². The van der Waals surface area contributed by atoms with Gasteiger partial charge in [0.1, 0.15) is 5.82 Å². The van der Waals surface area contributed by atoms with Crippen LogP contribution in [-0.4, -0.2) is 64.9 Å². The first-order valence-electron chi connectivity index (χ1n) is 13.5. The zero-order valence-electron chi connectivity index (χ0n) is 22.5. The summed E-state index contributed by atoms with van der Waals surface area (Å²) in [6.45, 7) is 2.75. The van der Waals surface area contributed by atoms with Gasteiger partial charge in [0.25, 0.3) is 17.4 Å². The van der Waals surface area contributed by atoms with Gasteiger partial charge in [0.15, 0.2) is 11.2 Å². The highest BCUT2D eigenvalue weighted by molar-refractivity contribution is 6.21. The van der Waals surface area contributed by atoms with E-state index in [1.807, 2.05) is 36.1 Å². The van der Waals surface area contributed by atoms with Crippen LogP contribution in [0.25, 0.3) is 22.1 Å². The molecular formula is C29H26N8O4. The average Bonchev–Trinajstić information content (AvgIpc) is 3.54. The highest BCUT2D eigenvalue weighted by Crippen LogP contribution is 2.29. The van der Waals surface area contributed by atoms with Gasteiger partial charge < -0.3 is 9.88 Å². The van der Waals surface area contributed by atoms with E-state index in [1.165, 1.54) is 9.47 Å². The number of fused-ring (bicyclic) bond motifs is 3. The maximum atomic E-state index is 13.5. The Morgan fingerprint density at radius 1 is 0.927 bits per heavy atom. The second-order valence-corrected chi connectivity index (χ2v) is 10.5. The monoisotopic (exact) mass is 550 g/mol. The van der Waals surface area contributed by atoms with Crippen molar-refractivity contribution < 1.29 is 9.59 Å². The Balaban J connectivity index is 1.21. The molecule has 1 atom stereocenters. The van der Waals surface area contributed by atoms with Gasteiger partial charge in [-0.15, -0.1) is 0 Å². The first-order chi connectivity index (χ1) is 19.8. The van der Waals surface area contributed by atoms with E-state index in [0.717, 1.165) is 27.6 Å². The number of carbonyl (C=O) groups excluding carboxylic acids is 2. The number of aromatic amines is 1. The van der Waals surface area contributed by atoms with E-state index in [-0.39, 0.29) is 35.6 Å². The maximum Gasteiger partial charge on any atom is 0.332 e. The molecule has 2 aromatic carbocycles. The summed E-state index contributed by atoms with van der Waals surface area (Å²) in [4.78, 5) is 73.0. The third kappa shape index (κ3) is 3.85. The molecule has 2 aliphatic rings. The predicted octanol–water partition coefficient (Wildman–Crippen LogP) is 1.99. The van der Waals surface area contributed by atoms with Crippen LogP contribution in [0.5, 0.6) is 0 Å². The highest BCUT2D eigenvalue weighted by atomic mass is 16.2. The summed E-state index contributed by atoms with van der Waals surface area (Å²) in [7, 11) is 1.57. The smallest absolute Gasteiger partial charge is 0.332 e. The maximum absolute atomic E-state index is 13.5. The number of benzene rings is 2. The molecule has 12 nitrogen and oxygen atoms in total. The Morgan fingerprint density at radius 3 is 2.39 bits per heavy atom. The van der Waals surface area contributed by atoms with Crippen molar-refractivity contribution in [2.24, 2.45) is 7.05 Å². The van der Waals surface area contributed by atoms with Gasteiger partial charge in [0.05, 0.1) is 29.2 Å². The Kier molecular flexibility index (Phi) is 5.59. The first-order valence-corrected chi connectivity index (χ1v) is 13.5. The molecule has 5 aromatic rings. The molecule has 12 heteroatoms. The lowest BCUT2D eigenvalue weighted by molar-refractivity contribution is 0.0569. The number of piperidine rings is 1. The molecule has 1 fully saturated rings. The summed E-state index contributed by atoms with van der Waals surface area (Å²) >= 11 is 0. The zero-order chi connectivity index (χ0) is 28.4. The van der Waals surface area contributed by atoms with E-state index in [1.54, 1.807) is 31.3 Å². The fourth-order valence-corrected chi connectivity index (χ4v) is 5.93. The molecule has 0 spiro atoms. The van der Waals surface area contributed by atoms with E-state index in [0.29, 0.717) is 42.4 Å². The molecule has 206 valence electrons. The van der Waals surface area contributed by atoms with Crippen LogP contribution in [0.15, 0.2) is 58.1 Å². The number of H-pyrrole nitrogens is 1. The number of aryl methyl sites for hydroxylation is 2. The summed E-state index contributed by atoms with van der Waals surface area (Å²) < 4.78 is 2.43. The van der Waals surface area contributed by atoms with Crippen molar-refractivity contribution in [2.75, 3.05) is 18.0 Å². The lowest BCUT2D eigenvalue weighted by atomic mass is 10.0. The molecular weight excluding hydrogens is 524 g/mol. The third-order valence-corrected chi connectivity index (χ3v) is 7.99. The van der Waals surface area contributed by atoms with Crippen LogP contribution in [-0.2, 0) is 13.6 Å². The van der Waals surface area contributed by atoms with Gasteiger partial charge in [-0.05, 0) is 38.0 Å². The van der Waals surface area contributed by atoms with Crippen molar-refractivity contribution in [3.8, 4) is 0 Å². The van der Waals surface area contributed by atoms with Crippen LogP contribution in [0.2, 0.25) is 0 Å². The number of imidazole rings is 1. The van der Waals surface area contributed by atoms with Crippen LogP contribution in [0.3, 0.4) is 0 Å². The molecule has 0 aliphatic carbocycles. The van der Waals surface area contributed by atoms with Crippen LogP contribution in [0, 0.1) is 6.92 Å². The number of imide groups is 1. The van der Waals surface area contributed by atoms with E-state index in [9.17, 15) is 19.2 Å². The fourth-order valence-electron chi connectivity index (χ4n) is 5.93. The van der Waals surface area contributed by atoms with Crippen molar-refractivity contribution >= 4 is 39.8 Å². The quantitative estimate of drug-likeness (QED) is 0.335. The molecule has 2 aliphatic heterocycles. The summed E-state index contributed by atoms with van der Waals surface area (Å²) in [5.74, 6) is 0.181. The van der Waals surface area contributed by atoms with E-state index >= 15 is 0 Å². The Bertz CT molecular complexity index is 1990. The van der Waals surface area contributed by atoms with Crippen molar-refractivity contribution in [3.63, 3.8) is 0 Å². The van der Waals surface area contributed by atoms with Crippen LogP contribution in [0.1, 0.15) is 45.1 Å². The minimum Gasteiger partial charge on any atom is -0.340 e. The number of rotatable bonds is 4. The average molecular weight is 551 g/mol. The first kappa shape index (κ1) is 24.9.